The highest BCUT2D eigenvalue weighted by Gasteiger charge is 2.05. The number of fused-ring (bicyclic) bond motifs is 2. The molecule has 0 saturated heterocycles. The fourth-order valence-electron chi connectivity index (χ4n) is 2.01. The van der Waals surface area contributed by atoms with E-state index in [1.807, 2.05) is 50.2 Å². The maximum atomic E-state index is 6.00. The molecule has 4 heteroatoms. The maximum Gasteiger partial charge on any atom is 0.0917 e. The van der Waals surface area contributed by atoms with Gasteiger partial charge in [-0.05, 0) is 38.1 Å². The van der Waals surface area contributed by atoms with Crippen LogP contribution in [0.2, 0.25) is 0 Å². The van der Waals surface area contributed by atoms with Gasteiger partial charge in [0.2, 0.25) is 0 Å². The predicted molar refractivity (Wildman–Crippen MR) is 79.9 cm³/mol. The van der Waals surface area contributed by atoms with E-state index in [2.05, 4.69) is 15.0 Å². The van der Waals surface area contributed by atoms with E-state index in [0.717, 1.165) is 33.5 Å². The first-order valence-corrected chi connectivity index (χ1v) is 6.11. The molecule has 0 unspecified atom stereocenters. The van der Waals surface area contributed by atoms with Crippen molar-refractivity contribution in [1.82, 2.24) is 9.97 Å². The zero-order valence-electron chi connectivity index (χ0n) is 10.9. The van der Waals surface area contributed by atoms with E-state index < -0.39 is 0 Å². The first kappa shape index (κ1) is 11.6. The number of benzene rings is 2. The molecule has 0 saturated carbocycles. The van der Waals surface area contributed by atoms with Crippen molar-refractivity contribution in [3.05, 3.63) is 36.4 Å². The minimum atomic E-state index is 0.623. The van der Waals surface area contributed by atoms with Crippen LogP contribution in [0.3, 0.4) is 0 Å². The number of anilines is 1. The average Bonchev–Trinajstić information content (AvgIpc) is 2.37. The van der Waals surface area contributed by atoms with E-state index in [9.17, 15) is 0 Å². The van der Waals surface area contributed by atoms with Gasteiger partial charge in [-0.2, -0.15) is 0 Å². The summed E-state index contributed by atoms with van der Waals surface area (Å²) in [4.78, 5) is 13.6. The SMILES string of the molecule is CC(C)=Nc1cc2nc3ccccc3nc2cc1N. The van der Waals surface area contributed by atoms with Crippen LogP contribution in [-0.4, -0.2) is 15.7 Å². The monoisotopic (exact) mass is 250 g/mol. The lowest BCUT2D eigenvalue weighted by atomic mass is 10.2. The molecule has 0 bridgehead atoms. The third-order valence-corrected chi connectivity index (χ3v) is 2.83. The van der Waals surface area contributed by atoms with E-state index >= 15 is 0 Å². The first-order chi connectivity index (χ1) is 9.13. The number of aliphatic imine (C=N–C) groups is 1. The molecule has 0 atom stereocenters. The molecule has 0 aliphatic heterocycles. The normalized spacial score (nSPS) is 10.8. The average molecular weight is 250 g/mol. The highest BCUT2D eigenvalue weighted by molar-refractivity contribution is 5.93. The van der Waals surface area contributed by atoms with Crippen molar-refractivity contribution in [2.45, 2.75) is 13.8 Å². The van der Waals surface area contributed by atoms with Crippen LogP contribution in [0, 0.1) is 0 Å². The molecule has 94 valence electrons. The second-order valence-electron chi connectivity index (χ2n) is 4.67. The lowest BCUT2D eigenvalue weighted by Gasteiger charge is -2.05. The lowest BCUT2D eigenvalue weighted by molar-refractivity contribution is 1.38. The van der Waals surface area contributed by atoms with Gasteiger partial charge < -0.3 is 5.73 Å². The van der Waals surface area contributed by atoms with Gasteiger partial charge in [0.25, 0.3) is 0 Å². The molecule has 0 aliphatic carbocycles. The summed E-state index contributed by atoms with van der Waals surface area (Å²) in [5.41, 5.74) is 11.7. The highest BCUT2D eigenvalue weighted by Crippen LogP contribution is 2.28. The molecule has 1 aromatic heterocycles. The van der Waals surface area contributed by atoms with Crippen molar-refractivity contribution < 1.29 is 0 Å². The largest absolute Gasteiger partial charge is 0.397 e. The second kappa shape index (κ2) is 4.31. The minimum absolute atomic E-state index is 0.623. The zero-order chi connectivity index (χ0) is 13.4. The fourth-order valence-corrected chi connectivity index (χ4v) is 2.01. The van der Waals surface area contributed by atoms with Crippen molar-refractivity contribution >= 4 is 39.2 Å². The number of hydrogen-bond acceptors (Lipinski definition) is 4. The van der Waals surface area contributed by atoms with Crippen LogP contribution in [0.5, 0.6) is 0 Å². The number of para-hydroxylation sites is 2. The number of rotatable bonds is 1. The quantitative estimate of drug-likeness (QED) is 0.408. The summed E-state index contributed by atoms with van der Waals surface area (Å²) in [7, 11) is 0. The minimum Gasteiger partial charge on any atom is -0.397 e. The van der Waals surface area contributed by atoms with E-state index in [1.165, 1.54) is 0 Å². The number of aromatic nitrogens is 2. The van der Waals surface area contributed by atoms with Crippen molar-refractivity contribution in [3.63, 3.8) is 0 Å². The van der Waals surface area contributed by atoms with Crippen LogP contribution in [0.1, 0.15) is 13.8 Å². The van der Waals surface area contributed by atoms with Crippen LogP contribution in [0.4, 0.5) is 11.4 Å². The molecule has 0 fully saturated rings. The second-order valence-corrected chi connectivity index (χ2v) is 4.67. The van der Waals surface area contributed by atoms with Gasteiger partial charge in [0.1, 0.15) is 0 Å². The maximum absolute atomic E-state index is 6.00. The molecule has 0 amide bonds. The van der Waals surface area contributed by atoms with Crippen LogP contribution in [-0.2, 0) is 0 Å². The molecule has 2 N–H and O–H groups in total. The Morgan fingerprint density at radius 3 is 2.11 bits per heavy atom. The zero-order valence-corrected chi connectivity index (χ0v) is 10.9. The summed E-state index contributed by atoms with van der Waals surface area (Å²) >= 11 is 0. The Morgan fingerprint density at radius 1 is 0.947 bits per heavy atom. The number of hydrogen-bond donors (Lipinski definition) is 1. The van der Waals surface area contributed by atoms with Crippen molar-refractivity contribution in [3.8, 4) is 0 Å². The predicted octanol–water partition coefficient (Wildman–Crippen LogP) is 3.48. The van der Waals surface area contributed by atoms with Gasteiger partial charge in [0, 0.05) is 5.71 Å². The Hall–Kier alpha value is -2.49. The van der Waals surface area contributed by atoms with E-state index in [1.54, 1.807) is 0 Å². The van der Waals surface area contributed by atoms with Crippen LogP contribution in [0.25, 0.3) is 22.1 Å². The van der Waals surface area contributed by atoms with E-state index in [4.69, 9.17) is 5.73 Å². The smallest absolute Gasteiger partial charge is 0.0917 e. The number of nitrogens with two attached hydrogens (primary N) is 1. The fraction of sp³-hybridized carbons (Fsp3) is 0.133. The van der Waals surface area contributed by atoms with Crippen molar-refractivity contribution in [2.75, 3.05) is 5.73 Å². The Kier molecular flexibility index (Phi) is 2.63. The van der Waals surface area contributed by atoms with E-state index in [-0.39, 0.29) is 0 Å². The summed E-state index contributed by atoms with van der Waals surface area (Å²) in [6, 6.07) is 11.5. The van der Waals surface area contributed by atoms with Crippen LogP contribution < -0.4 is 5.73 Å². The summed E-state index contributed by atoms with van der Waals surface area (Å²) in [6.45, 7) is 3.88. The first-order valence-electron chi connectivity index (χ1n) is 6.11. The number of nitrogen functional groups attached to an aromatic ring is 1. The molecule has 0 aliphatic rings. The third kappa shape index (κ3) is 2.12. The molecular weight excluding hydrogens is 236 g/mol. The standard InChI is InChI=1S/C15H14N4/c1-9(2)17-13-8-15-14(7-10(13)16)18-11-5-3-4-6-12(11)19-15/h3-8H,16H2,1-2H3. The molecule has 1 heterocycles. The van der Waals surface area contributed by atoms with Gasteiger partial charge in [-0.3, -0.25) is 4.99 Å². The number of nitrogens with zero attached hydrogens (tertiary/aromatic N) is 3. The van der Waals surface area contributed by atoms with Gasteiger partial charge >= 0.3 is 0 Å². The van der Waals surface area contributed by atoms with Gasteiger partial charge in [-0.1, -0.05) is 12.1 Å². The lowest BCUT2D eigenvalue weighted by Crippen LogP contribution is -1.92. The highest BCUT2D eigenvalue weighted by atomic mass is 14.8. The van der Waals surface area contributed by atoms with Crippen LogP contribution in [0.15, 0.2) is 41.4 Å². The topological polar surface area (TPSA) is 64.2 Å². The van der Waals surface area contributed by atoms with Gasteiger partial charge in [0.15, 0.2) is 0 Å². The summed E-state index contributed by atoms with van der Waals surface area (Å²) < 4.78 is 0. The molecule has 4 nitrogen and oxygen atoms in total. The molecule has 2 aromatic carbocycles. The van der Waals surface area contributed by atoms with E-state index in [0.29, 0.717) is 5.69 Å². The molecule has 0 radical (unpaired) electrons. The van der Waals surface area contributed by atoms with Crippen molar-refractivity contribution in [1.29, 1.82) is 0 Å². The molecule has 3 aromatic rings. The van der Waals surface area contributed by atoms with Crippen LogP contribution >= 0.6 is 0 Å². The Morgan fingerprint density at radius 2 is 1.53 bits per heavy atom. The Bertz CT molecular complexity index is 802. The Labute approximate surface area is 111 Å². The van der Waals surface area contributed by atoms with Gasteiger partial charge in [0.05, 0.1) is 33.4 Å². The van der Waals surface area contributed by atoms with Crippen molar-refractivity contribution in [2.24, 2.45) is 4.99 Å². The third-order valence-electron chi connectivity index (χ3n) is 2.83. The Balaban J connectivity index is 2.33. The van der Waals surface area contributed by atoms with Gasteiger partial charge in [-0.25, -0.2) is 9.97 Å². The molecular formula is C15H14N4. The molecule has 3 rings (SSSR count). The molecule has 19 heavy (non-hydrogen) atoms. The summed E-state index contributed by atoms with van der Waals surface area (Å²) in [5.74, 6) is 0. The van der Waals surface area contributed by atoms with Gasteiger partial charge in [-0.15, -0.1) is 0 Å². The summed E-state index contributed by atoms with van der Waals surface area (Å²) in [5, 5.41) is 0. The summed E-state index contributed by atoms with van der Waals surface area (Å²) in [6.07, 6.45) is 0. The molecule has 0 spiro atoms.